The van der Waals surface area contributed by atoms with E-state index >= 15 is 0 Å². The number of rotatable bonds is 31. The second kappa shape index (κ2) is 32.2. The normalized spacial score (nSPS) is 22.6. The van der Waals surface area contributed by atoms with Gasteiger partial charge < -0.3 is 56.8 Å². The maximum Gasteiger partial charge on any atom is 0.187 e. The van der Waals surface area contributed by atoms with Crippen molar-refractivity contribution in [1.29, 1.82) is 0 Å². The summed E-state index contributed by atoms with van der Waals surface area (Å²) in [4.78, 5) is 0. The first kappa shape index (κ1) is 58.5. The molecule has 8 aromatic rings. The second-order valence-electron chi connectivity index (χ2n) is 20.4. The van der Waals surface area contributed by atoms with Gasteiger partial charge in [-0.3, -0.25) is 0 Å². The molecule has 0 radical (unpaired) electrons. The molecule has 12 heteroatoms. The average molecular weight is 1110 g/mol. The van der Waals surface area contributed by atoms with Gasteiger partial charge in [0.25, 0.3) is 0 Å². The van der Waals surface area contributed by atoms with Crippen LogP contribution in [0.5, 0.6) is 0 Å². The zero-order valence-electron chi connectivity index (χ0n) is 46.3. The molecule has 2 heterocycles. The van der Waals surface area contributed by atoms with Gasteiger partial charge in [-0.25, -0.2) is 0 Å². The van der Waals surface area contributed by atoms with Crippen molar-refractivity contribution in [2.24, 2.45) is 0 Å². The van der Waals surface area contributed by atoms with Gasteiger partial charge in [-0.05, 0) is 44.5 Å². The lowest BCUT2D eigenvalue weighted by molar-refractivity contribution is -0.341. The summed E-state index contributed by atoms with van der Waals surface area (Å²) in [5.41, 5.74) is 8.05. The molecule has 10 atom stereocenters. The van der Waals surface area contributed by atoms with Gasteiger partial charge in [0.05, 0.1) is 79.3 Å². The summed E-state index contributed by atoms with van der Waals surface area (Å²) >= 11 is 0. The highest BCUT2D eigenvalue weighted by Gasteiger charge is 2.51. The molecule has 0 saturated carbocycles. The lowest BCUT2D eigenvalue weighted by atomic mass is 9.97. The van der Waals surface area contributed by atoms with Gasteiger partial charge in [-0.15, -0.1) is 0 Å². The maximum atomic E-state index is 7.03. The third-order valence-corrected chi connectivity index (χ3v) is 14.3. The van der Waals surface area contributed by atoms with Crippen molar-refractivity contribution < 1.29 is 56.8 Å². The minimum atomic E-state index is -0.954. The monoisotopic (exact) mass is 1110 g/mol. The number of hydrogen-bond acceptors (Lipinski definition) is 12. The van der Waals surface area contributed by atoms with Gasteiger partial charge >= 0.3 is 0 Å². The highest BCUT2D eigenvalue weighted by Crippen LogP contribution is 2.34. The molecule has 0 aromatic heterocycles. The van der Waals surface area contributed by atoms with Crippen molar-refractivity contribution in [3.05, 3.63) is 287 Å². The Hall–Kier alpha value is -6.72. The molecule has 82 heavy (non-hydrogen) atoms. The minimum absolute atomic E-state index is 0.0678. The molecule has 0 aliphatic carbocycles. The van der Waals surface area contributed by atoms with E-state index in [4.69, 9.17) is 56.8 Å². The molecule has 426 valence electrons. The summed E-state index contributed by atoms with van der Waals surface area (Å²) in [5.74, 6) is 0. The highest BCUT2D eigenvalue weighted by atomic mass is 16.8. The van der Waals surface area contributed by atoms with Crippen molar-refractivity contribution in [3.63, 3.8) is 0 Å². The molecular weight excluding hydrogens is 1030 g/mol. The van der Waals surface area contributed by atoms with Gasteiger partial charge in [0, 0.05) is 0 Å². The van der Waals surface area contributed by atoms with Gasteiger partial charge in [0.2, 0.25) is 0 Å². The molecule has 0 N–H and O–H groups in total. The first-order valence-electron chi connectivity index (χ1n) is 28.4. The summed E-state index contributed by atoms with van der Waals surface area (Å²) < 4.78 is 82.4. The van der Waals surface area contributed by atoms with E-state index in [1.54, 1.807) is 0 Å². The van der Waals surface area contributed by atoms with E-state index in [0.717, 1.165) is 44.5 Å². The molecule has 12 nitrogen and oxygen atoms in total. The Bertz CT molecular complexity index is 2750. The molecule has 8 aromatic carbocycles. The smallest absolute Gasteiger partial charge is 0.187 e. The van der Waals surface area contributed by atoms with Crippen molar-refractivity contribution in [2.45, 2.75) is 114 Å². The third-order valence-electron chi connectivity index (χ3n) is 14.3. The van der Waals surface area contributed by atoms with Crippen LogP contribution in [0.3, 0.4) is 0 Å². The largest absolute Gasteiger partial charge is 0.374 e. The number of benzene rings is 8. The SMILES string of the molecule is c1ccc(COC[C@H]2O[C@@H](OCCO[C@H]3O[C@H](COCc4ccccc4)[C@@H](OCc4ccccc4)[C@H](OCc4ccccc4)[C@H]3OCc3ccccc3)[C@H](OCc3ccccc3)[C@@H](OCc3ccccc3)[C@@H]2OCc2ccccc2)cc1. The van der Waals surface area contributed by atoms with Gasteiger partial charge in [0.1, 0.15) is 48.8 Å². The van der Waals surface area contributed by atoms with Crippen LogP contribution in [0.1, 0.15) is 44.5 Å². The molecule has 2 saturated heterocycles. The summed E-state index contributed by atoms with van der Waals surface area (Å²) in [5, 5.41) is 0. The van der Waals surface area contributed by atoms with Crippen molar-refractivity contribution in [2.75, 3.05) is 26.4 Å². The van der Waals surface area contributed by atoms with Crippen molar-refractivity contribution >= 4 is 0 Å². The van der Waals surface area contributed by atoms with Crippen LogP contribution in [0.25, 0.3) is 0 Å². The summed E-state index contributed by atoms with van der Waals surface area (Å²) in [6.45, 7) is 2.97. The fraction of sp³-hybridized carbons (Fsp3) is 0.314. The van der Waals surface area contributed by atoms with E-state index in [0.29, 0.717) is 39.6 Å². The Balaban J connectivity index is 0.933. The average Bonchev–Trinajstić information content (AvgIpc) is 3.62. The van der Waals surface area contributed by atoms with Crippen LogP contribution in [0.2, 0.25) is 0 Å². The lowest BCUT2D eigenvalue weighted by Crippen LogP contribution is -2.62. The van der Waals surface area contributed by atoms with Crippen LogP contribution < -0.4 is 0 Å². The molecule has 0 spiro atoms. The Kier molecular flexibility index (Phi) is 23.0. The minimum Gasteiger partial charge on any atom is -0.374 e. The molecule has 2 aliphatic heterocycles. The summed E-state index contributed by atoms with van der Waals surface area (Å²) in [6.07, 6.45) is -7.36. The summed E-state index contributed by atoms with van der Waals surface area (Å²) in [6, 6.07) is 80.6. The fourth-order valence-corrected chi connectivity index (χ4v) is 10.1. The molecule has 0 bridgehead atoms. The predicted molar refractivity (Wildman–Crippen MR) is 312 cm³/mol. The Morgan fingerprint density at radius 1 is 0.220 bits per heavy atom. The zero-order chi connectivity index (χ0) is 55.6. The van der Waals surface area contributed by atoms with Crippen molar-refractivity contribution in [3.8, 4) is 0 Å². The number of hydrogen-bond donors (Lipinski definition) is 0. The molecule has 0 unspecified atom stereocenters. The van der Waals surface area contributed by atoms with Crippen molar-refractivity contribution in [1.82, 2.24) is 0 Å². The first-order chi connectivity index (χ1) is 40.7. The van der Waals surface area contributed by atoms with Gasteiger partial charge in [-0.2, -0.15) is 0 Å². The van der Waals surface area contributed by atoms with Gasteiger partial charge in [0.15, 0.2) is 12.6 Å². The lowest BCUT2D eigenvalue weighted by Gasteiger charge is -2.46. The van der Waals surface area contributed by atoms with Crippen LogP contribution in [0.15, 0.2) is 243 Å². The third kappa shape index (κ3) is 17.9. The molecular formula is C70H74O12. The standard InChI is InChI=1S/C70H74O12/c1-9-25-53(26-10-1)43-71-51-61-63(75-45-55-29-13-3-14-30-55)65(77-47-57-33-17-5-18-34-57)67(79-49-59-37-21-7-22-38-59)69(81-61)73-41-42-74-70-68(80-50-60-39-23-8-24-40-60)66(78-48-58-35-19-6-20-36-58)64(76-46-56-31-15-4-16-32-56)62(82-70)52-72-44-54-27-11-2-12-28-54/h1-40,61-70H,41-52H2/t61-,62-,63-,64-,65+,66+,67-,68-,69-,70+/m1/s1. The van der Waals surface area contributed by atoms with E-state index in [9.17, 15) is 0 Å². The Labute approximate surface area is 482 Å². The molecule has 10 rings (SSSR count). The van der Waals surface area contributed by atoms with Crippen LogP contribution in [-0.2, 0) is 110 Å². The molecule has 0 amide bonds. The maximum absolute atomic E-state index is 7.03. The summed E-state index contributed by atoms with van der Waals surface area (Å²) in [7, 11) is 0. The van der Waals surface area contributed by atoms with E-state index in [-0.39, 0.29) is 39.6 Å². The van der Waals surface area contributed by atoms with Crippen LogP contribution in [0, 0.1) is 0 Å². The van der Waals surface area contributed by atoms with E-state index in [1.165, 1.54) is 0 Å². The van der Waals surface area contributed by atoms with E-state index in [2.05, 4.69) is 0 Å². The topological polar surface area (TPSA) is 111 Å². The van der Waals surface area contributed by atoms with Crippen LogP contribution in [0.4, 0.5) is 0 Å². The number of ether oxygens (including phenoxy) is 12. The second-order valence-corrected chi connectivity index (χ2v) is 20.4. The quantitative estimate of drug-likeness (QED) is 0.0386. The molecule has 2 fully saturated rings. The van der Waals surface area contributed by atoms with Crippen LogP contribution >= 0.6 is 0 Å². The van der Waals surface area contributed by atoms with Crippen LogP contribution in [-0.4, -0.2) is 87.8 Å². The predicted octanol–water partition coefficient (Wildman–Crippen LogP) is 12.4. The Morgan fingerprint density at radius 3 is 0.671 bits per heavy atom. The first-order valence-corrected chi connectivity index (χ1v) is 28.4. The van der Waals surface area contributed by atoms with Gasteiger partial charge in [-0.1, -0.05) is 243 Å². The zero-order valence-corrected chi connectivity index (χ0v) is 46.3. The van der Waals surface area contributed by atoms with E-state index in [1.807, 2.05) is 243 Å². The Morgan fingerprint density at radius 2 is 0.427 bits per heavy atom. The van der Waals surface area contributed by atoms with E-state index < -0.39 is 61.4 Å². The highest BCUT2D eigenvalue weighted by molar-refractivity contribution is 5.20. The fourth-order valence-electron chi connectivity index (χ4n) is 10.1. The molecule has 2 aliphatic rings.